The summed E-state index contributed by atoms with van der Waals surface area (Å²) in [5, 5.41) is 23.7. The number of carbonyl (C=O) groups excluding carboxylic acids is 1. The van der Waals surface area contributed by atoms with Gasteiger partial charge in [-0.2, -0.15) is 0 Å². The molecule has 0 aliphatic rings. The number of aromatic nitrogens is 1. The molecule has 4 aromatic rings. The van der Waals surface area contributed by atoms with Gasteiger partial charge in [0.1, 0.15) is 0 Å². The van der Waals surface area contributed by atoms with Gasteiger partial charge in [0, 0.05) is 28.6 Å². The largest absolute Gasteiger partial charge is 0.494 e. The third-order valence-corrected chi connectivity index (χ3v) is 5.73. The fourth-order valence-electron chi connectivity index (χ4n) is 3.96. The molecule has 36 heavy (non-hydrogen) atoms. The van der Waals surface area contributed by atoms with E-state index in [1.165, 1.54) is 12.1 Å². The smallest absolute Gasteiger partial charge is 0.335 e. The van der Waals surface area contributed by atoms with E-state index in [2.05, 4.69) is 15.2 Å². The van der Waals surface area contributed by atoms with Crippen molar-refractivity contribution in [3.8, 4) is 5.88 Å². The van der Waals surface area contributed by atoms with E-state index < -0.39 is 5.97 Å². The molecule has 0 saturated heterocycles. The second-order valence-corrected chi connectivity index (χ2v) is 8.70. The Morgan fingerprint density at radius 1 is 0.944 bits per heavy atom. The molecule has 0 atom stereocenters. The Hall–Kier alpha value is -4.43. The van der Waals surface area contributed by atoms with Crippen molar-refractivity contribution in [3.05, 3.63) is 95.1 Å². The van der Waals surface area contributed by atoms with Crippen LogP contribution in [-0.4, -0.2) is 64.9 Å². The van der Waals surface area contributed by atoms with Gasteiger partial charge in [0.25, 0.3) is 5.91 Å². The quantitative estimate of drug-likeness (QED) is 0.207. The summed E-state index contributed by atoms with van der Waals surface area (Å²) in [6.07, 6.45) is 0.845. The van der Waals surface area contributed by atoms with E-state index in [0.717, 1.165) is 18.5 Å². The van der Waals surface area contributed by atoms with Crippen LogP contribution in [0.4, 0.5) is 5.69 Å². The summed E-state index contributed by atoms with van der Waals surface area (Å²) in [7, 11) is 3.98. The lowest BCUT2D eigenvalue weighted by atomic mass is 10.00. The SMILES string of the molecule is CN(C)CCCNC(=O)c1cccc(N=C(c2ccccc2)c2c(O)[nH]c3cc(C(=O)O)ccc23)c1. The second kappa shape index (κ2) is 10.9. The Balaban J connectivity index is 1.73. The maximum atomic E-state index is 12.7. The standard InChI is InChI=1S/C28H28N4O4/c1-32(2)15-7-14-29-26(33)19-10-6-11-21(16-19)30-25(18-8-4-3-5-9-18)24-22-13-12-20(28(35)36)17-23(22)31-27(24)34/h3-6,8-13,16-17,31,34H,7,14-15H2,1-2H3,(H,29,33)(H,35,36). The summed E-state index contributed by atoms with van der Waals surface area (Å²) >= 11 is 0. The van der Waals surface area contributed by atoms with Crippen molar-refractivity contribution >= 4 is 34.2 Å². The molecule has 3 aromatic carbocycles. The van der Waals surface area contributed by atoms with E-state index in [1.54, 1.807) is 30.3 Å². The first-order chi connectivity index (χ1) is 17.3. The summed E-state index contributed by atoms with van der Waals surface area (Å²) in [6, 6.07) is 21.0. The molecule has 8 nitrogen and oxygen atoms in total. The van der Waals surface area contributed by atoms with Crippen molar-refractivity contribution in [2.75, 3.05) is 27.2 Å². The lowest BCUT2D eigenvalue weighted by molar-refractivity contribution is 0.0696. The minimum Gasteiger partial charge on any atom is -0.494 e. The number of nitrogens with zero attached hydrogens (tertiary/aromatic N) is 2. The van der Waals surface area contributed by atoms with Crippen LogP contribution >= 0.6 is 0 Å². The average molecular weight is 485 g/mol. The number of hydrogen-bond donors (Lipinski definition) is 4. The zero-order valence-electron chi connectivity index (χ0n) is 20.2. The fourth-order valence-corrected chi connectivity index (χ4v) is 3.96. The number of amides is 1. The van der Waals surface area contributed by atoms with Crippen LogP contribution in [0.25, 0.3) is 10.9 Å². The van der Waals surface area contributed by atoms with Crippen LogP contribution in [0.15, 0.2) is 77.8 Å². The van der Waals surface area contributed by atoms with Crippen LogP contribution in [0.2, 0.25) is 0 Å². The molecule has 0 radical (unpaired) electrons. The molecule has 0 aliphatic heterocycles. The molecule has 0 aliphatic carbocycles. The second-order valence-electron chi connectivity index (χ2n) is 8.70. The normalized spacial score (nSPS) is 11.7. The predicted octanol–water partition coefficient (Wildman–Crippen LogP) is 4.42. The fraction of sp³-hybridized carbons (Fsp3) is 0.179. The molecule has 4 N–H and O–H groups in total. The van der Waals surface area contributed by atoms with Crippen molar-refractivity contribution in [2.24, 2.45) is 4.99 Å². The van der Waals surface area contributed by atoms with Gasteiger partial charge in [0.05, 0.1) is 22.5 Å². The van der Waals surface area contributed by atoms with E-state index in [-0.39, 0.29) is 17.4 Å². The number of aliphatic imine (C=N–C) groups is 1. The van der Waals surface area contributed by atoms with Gasteiger partial charge in [-0.15, -0.1) is 0 Å². The summed E-state index contributed by atoms with van der Waals surface area (Å²) in [6.45, 7) is 1.45. The van der Waals surface area contributed by atoms with Crippen molar-refractivity contribution in [1.29, 1.82) is 0 Å². The van der Waals surface area contributed by atoms with Crippen LogP contribution < -0.4 is 5.32 Å². The van der Waals surface area contributed by atoms with Crippen LogP contribution in [0, 0.1) is 0 Å². The first-order valence-electron chi connectivity index (χ1n) is 11.6. The molecule has 1 aromatic heterocycles. The number of H-pyrrole nitrogens is 1. The molecule has 4 rings (SSSR count). The third kappa shape index (κ3) is 5.61. The summed E-state index contributed by atoms with van der Waals surface area (Å²) < 4.78 is 0. The van der Waals surface area contributed by atoms with Crippen molar-refractivity contribution in [1.82, 2.24) is 15.2 Å². The third-order valence-electron chi connectivity index (χ3n) is 5.73. The number of fused-ring (bicyclic) bond motifs is 1. The lowest BCUT2D eigenvalue weighted by Gasteiger charge is -2.10. The molecule has 1 amide bonds. The Labute approximate surface area is 208 Å². The molecule has 0 fully saturated rings. The van der Waals surface area contributed by atoms with Gasteiger partial charge in [-0.05, 0) is 57.4 Å². The molecule has 8 heteroatoms. The molecule has 1 heterocycles. The van der Waals surface area contributed by atoms with Crippen molar-refractivity contribution in [3.63, 3.8) is 0 Å². The average Bonchev–Trinajstić information content (AvgIpc) is 3.20. The molecule has 0 saturated carbocycles. The number of aromatic amines is 1. The first-order valence-corrected chi connectivity index (χ1v) is 11.6. The highest BCUT2D eigenvalue weighted by Gasteiger charge is 2.20. The Kier molecular flexibility index (Phi) is 7.46. The summed E-state index contributed by atoms with van der Waals surface area (Å²) in [4.78, 5) is 33.8. The number of carboxylic acid groups (broad SMARTS) is 1. The van der Waals surface area contributed by atoms with Gasteiger partial charge >= 0.3 is 5.97 Å². The number of carboxylic acids is 1. The van der Waals surface area contributed by atoms with Gasteiger partial charge in [0.2, 0.25) is 0 Å². The number of aromatic carboxylic acids is 1. The highest BCUT2D eigenvalue weighted by molar-refractivity contribution is 6.22. The van der Waals surface area contributed by atoms with Gasteiger partial charge in [-0.3, -0.25) is 4.79 Å². The monoisotopic (exact) mass is 484 g/mol. The Morgan fingerprint density at radius 2 is 1.69 bits per heavy atom. The van der Waals surface area contributed by atoms with E-state index in [1.807, 2.05) is 44.4 Å². The molecule has 0 bridgehead atoms. The zero-order chi connectivity index (χ0) is 25.7. The van der Waals surface area contributed by atoms with E-state index in [9.17, 15) is 19.8 Å². The number of carbonyl (C=O) groups is 2. The maximum absolute atomic E-state index is 12.7. The van der Waals surface area contributed by atoms with Crippen LogP contribution in [-0.2, 0) is 0 Å². The Morgan fingerprint density at radius 3 is 2.42 bits per heavy atom. The number of hydrogen-bond acceptors (Lipinski definition) is 5. The van der Waals surface area contributed by atoms with Crippen molar-refractivity contribution in [2.45, 2.75) is 6.42 Å². The highest BCUT2D eigenvalue weighted by Crippen LogP contribution is 2.32. The van der Waals surface area contributed by atoms with Gasteiger partial charge in [-0.1, -0.05) is 42.5 Å². The maximum Gasteiger partial charge on any atom is 0.335 e. The van der Waals surface area contributed by atoms with Crippen LogP contribution in [0.3, 0.4) is 0 Å². The summed E-state index contributed by atoms with van der Waals surface area (Å²) in [5.74, 6) is -1.35. The molecule has 184 valence electrons. The topological polar surface area (TPSA) is 118 Å². The molecular weight excluding hydrogens is 456 g/mol. The minimum absolute atomic E-state index is 0.109. The van der Waals surface area contributed by atoms with Crippen LogP contribution in [0.1, 0.15) is 38.3 Å². The zero-order valence-corrected chi connectivity index (χ0v) is 20.2. The van der Waals surface area contributed by atoms with Gasteiger partial charge < -0.3 is 25.4 Å². The number of benzene rings is 3. The van der Waals surface area contributed by atoms with E-state index in [0.29, 0.717) is 40.0 Å². The first kappa shape index (κ1) is 24.7. The summed E-state index contributed by atoms with van der Waals surface area (Å²) in [5.41, 5.74) is 3.33. The highest BCUT2D eigenvalue weighted by atomic mass is 16.4. The molecule has 0 unspecified atom stereocenters. The predicted molar refractivity (Wildman–Crippen MR) is 141 cm³/mol. The van der Waals surface area contributed by atoms with Crippen LogP contribution in [0.5, 0.6) is 5.88 Å². The van der Waals surface area contributed by atoms with Gasteiger partial charge in [-0.25, -0.2) is 9.79 Å². The Bertz CT molecular complexity index is 1420. The van der Waals surface area contributed by atoms with Gasteiger partial charge in [0.15, 0.2) is 5.88 Å². The molecule has 0 spiro atoms. The lowest BCUT2D eigenvalue weighted by Crippen LogP contribution is -2.27. The molecular formula is C28H28N4O4. The van der Waals surface area contributed by atoms with E-state index in [4.69, 9.17) is 4.99 Å². The number of aromatic hydroxyl groups is 1. The minimum atomic E-state index is -1.05. The van der Waals surface area contributed by atoms with Crippen molar-refractivity contribution < 1.29 is 19.8 Å². The van der Waals surface area contributed by atoms with E-state index >= 15 is 0 Å². The number of nitrogens with one attached hydrogen (secondary N) is 2. The number of rotatable bonds is 9.